The first-order chi connectivity index (χ1) is 8.24. The molecule has 1 rings (SSSR count). The molecule has 0 aliphatic heterocycles. The SMILES string of the molecule is COC(=O)C(N)CCSCCc1cnccn1. The zero-order valence-electron chi connectivity index (χ0n) is 9.83. The molecule has 94 valence electrons. The zero-order valence-corrected chi connectivity index (χ0v) is 10.7. The Morgan fingerprint density at radius 1 is 1.53 bits per heavy atom. The first-order valence-electron chi connectivity index (χ1n) is 5.40. The molecule has 1 heterocycles. The predicted octanol–water partition coefficient (Wildman–Crippen LogP) is 0.643. The lowest BCUT2D eigenvalue weighted by atomic mass is 10.2. The third kappa shape index (κ3) is 5.65. The molecule has 0 amide bonds. The van der Waals surface area contributed by atoms with Crippen LogP contribution in [-0.2, 0) is 16.0 Å². The van der Waals surface area contributed by atoms with Crippen LogP contribution in [0.25, 0.3) is 0 Å². The van der Waals surface area contributed by atoms with Crippen LogP contribution in [0.4, 0.5) is 0 Å². The third-order valence-electron chi connectivity index (χ3n) is 2.20. The Hall–Kier alpha value is -1.14. The number of carbonyl (C=O) groups is 1. The van der Waals surface area contributed by atoms with Gasteiger partial charge in [-0.05, 0) is 17.9 Å². The summed E-state index contributed by atoms with van der Waals surface area (Å²) in [5, 5.41) is 0. The number of methoxy groups -OCH3 is 1. The number of thioether (sulfide) groups is 1. The normalized spacial score (nSPS) is 12.1. The summed E-state index contributed by atoms with van der Waals surface area (Å²) in [6.07, 6.45) is 6.63. The summed E-state index contributed by atoms with van der Waals surface area (Å²) in [5.74, 6) is 1.45. The van der Waals surface area contributed by atoms with Crippen LogP contribution in [0.15, 0.2) is 18.6 Å². The molecule has 0 aromatic carbocycles. The molecule has 1 atom stereocenters. The number of aryl methyl sites for hydroxylation is 1. The summed E-state index contributed by atoms with van der Waals surface area (Å²) < 4.78 is 4.55. The van der Waals surface area contributed by atoms with E-state index in [4.69, 9.17) is 5.73 Å². The fourth-order valence-electron chi connectivity index (χ4n) is 1.22. The minimum absolute atomic E-state index is 0.348. The van der Waals surface area contributed by atoms with Crippen molar-refractivity contribution in [3.8, 4) is 0 Å². The van der Waals surface area contributed by atoms with Crippen molar-refractivity contribution in [1.82, 2.24) is 9.97 Å². The van der Waals surface area contributed by atoms with E-state index < -0.39 is 6.04 Å². The van der Waals surface area contributed by atoms with Gasteiger partial charge in [-0.25, -0.2) is 0 Å². The molecular weight excluding hydrogens is 238 g/mol. The molecule has 1 unspecified atom stereocenters. The number of rotatable bonds is 7. The molecule has 0 aliphatic rings. The Kier molecular flexibility index (Phi) is 6.57. The quantitative estimate of drug-likeness (QED) is 0.569. The smallest absolute Gasteiger partial charge is 0.322 e. The Bertz CT molecular complexity index is 335. The highest BCUT2D eigenvalue weighted by Gasteiger charge is 2.12. The van der Waals surface area contributed by atoms with Crippen molar-refractivity contribution in [2.24, 2.45) is 5.73 Å². The first-order valence-corrected chi connectivity index (χ1v) is 6.55. The average molecular weight is 255 g/mol. The zero-order chi connectivity index (χ0) is 12.5. The minimum Gasteiger partial charge on any atom is -0.468 e. The molecule has 6 heteroatoms. The third-order valence-corrected chi connectivity index (χ3v) is 3.21. The minimum atomic E-state index is -0.510. The Morgan fingerprint density at radius 2 is 2.35 bits per heavy atom. The van der Waals surface area contributed by atoms with Gasteiger partial charge in [-0.1, -0.05) is 0 Å². The van der Waals surface area contributed by atoms with E-state index in [2.05, 4.69) is 14.7 Å². The van der Waals surface area contributed by atoms with Gasteiger partial charge < -0.3 is 10.5 Å². The monoisotopic (exact) mass is 255 g/mol. The lowest BCUT2D eigenvalue weighted by molar-refractivity contribution is -0.142. The van der Waals surface area contributed by atoms with Gasteiger partial charge in [0.25, 0.3) is 0 Å². The number of carbonyl (C=O) groups excluding carboxylic acids is 1. The van der Waals surface area contributed by atoms with Crippen LogP contribution in [0.5, 0.6) is 0 Å². The fraction of sp³-hybridized carbons (Fsp3) is 0.545. The van der Waals surface area contributed by atoms with Crippen LogP contribution in [-0.4, -0.2) is 40.6 Å². The van der Waals surface area contributed by atoms with Gasteiger partial charge in [0.15, 0.2) is 0 Å². The van der Waals surface area contributed by atoms with E-state index in [1.54, 1.807) is 30.4 Å². The fourth-order valence-corrected chi connectivity index (χ4v) is 2.20. The summed E-state index contributed by atoms with van der Waals surface area (Å²) in [6.45, 7) is 0. The second-order valence-electron chi connectivity index (χ2n) is 3.48. The van der Waals surface area contributed by atoms with Gasteiger partial charge in [-0.3, -0.25) is 14.8 Å². The molecule has 5 nitrogen and oxygen atoms in total. The van der Waals surface area contributed by atoms with Crippen LogP contribution in [0.1, 0.15) is 12.1 Å². The van der Waals surface area contributed by atoms with Gasteiger partial charge in [0.05, 0.1) is 12.8 Å². The number of esters is 1. The second-order valence-corrected chi connectivity index (χ2v) is 4.70. The van der Waals surface area contributed by atoms with Gasteiger partial charge in [0, 0.05) is 25.0 Å². The summed E-state index contributed by atoms with van der Waals surface area (Å²) in [7, 11) is 1.35. The van der Waals surface area contributed by atoms with Gasteiger partial charge in [0.1, 0.15) is 6.04 Å². The van der Waals surface area contributed by atoms with Crippen molar-refractivity contribution in [3.05, 3.63) is 24.3 Å². The van der Waals surface area contributed by atoms with Crippen LogP contribution >= 0.6 is 11.8 Å². The van der Waals surface area contributed by atoms with Crippen molar-refractivity contribution in [2.75, 3.05) is 18.6 Å². The standard InChI is InChI=1S/C11H17N3O2S/c1-16-11(15)10(12)3-7-17-6-2-9-8-13-4-5-14-9/h4-5,8,10H,2-3,6-7,12H2,1H3. The van der Waals surface area contributed by atoms with Crippen molar-refractivity contribution >= 4 is 17.7 Å². The molecule has 1 aromatic rings. The topological polar surface area (TPSA) is 78.1 Å². The Balaban J connectivity index is 2.07. The van der Waals surface area contributed by atoms with E-state index >= 15 is 0 Å². The number of hydrogen-bond donors (Lipinski definition) is 1. The average Bonchev–Trinajstić information content (AvgIpc) is 2.38. The number of ether oxygens (including phenoxy) is 1. The molecule has 17 heavy (non-hydrogen) atoms. The predicted molar refractivity (Wildman–Crippen MR) is 67.7 cm³/mol. The summed E-state index contributed by atoms with van der Waals surface area (Å²) >= 11 is 1.75. The molecule has 0 fully saturated rings. The van der Waals surface area contributed by atoms with Crippen LogP contribution in [0.2, 0.25) is 0 Å². The van der Waals surface area contributed by atoms with Crippen molar-refractivity contribution < 1.29 is 9.53 Å². The highest BCUT2D eigenvalue weighted by Crippen LogP contribution is 2.07. The van der Waals surface area contributed by atoms with E-state index in [-0.39, 0.29) is 5.97 Å². The lowest BCUT2D eigenvalue weighted by Crippen LogP contribution is -2.32. The molecule has 0 bridgehead atoms. The molecule has 2 N–H and O–H groups in total. The van der Waals surface area contributed by atoms with Crippen molar-refractivity contribution in [1.29, 1.82) is 0 Å². The number of nitrogens with zero attached hydrogens (tertiary/aromatic N) is 2. The summed E-state index contributed by atoms with van der Waals surface area (Å²) in [4.78, 5) is 19.2. The molecule has 0 radical (unpaired) electrons. The number of hydrogen-bond acceptors (Lipinski definition) is 6. The summed E-state index contributed by atoms with van der Waals surface area (Å²) in [6, 6.07) is -0.510. The highest BCUT2D eigenvalue weighted by atomic mass is 32.2. The van der Waals surface area contributed by atoms with Gasteiger partial charge >= 0.3 is 5.97 Å². The maximum absolute atomic E-state index is 11.0. The van der Waals surface area contributed by atoms with Crippen LogP contribution < -0.4 is 5.73 Å². The number of aromatic nitrogens is 2. The Labute approximate surface area is 105 Å². The summed E-state index contributed by atoms with van der Waals surface area (Å²) in [5.41, 5.74) is 6.59. The maximum atomic E-state index is 11.0. The molecule has 0 saturated heterocycles. The first kappa shape index (κ1) is 13.9. The van der Waals surface area contributed by atoms with Gasteiger partial charge in [-0.2, -0.15) is 11.8 Å². The van der Waals surface area contributed by atoms with E-state index in [0.29, 0.717) is 6.42 Å². The van der Waals surface area contributed by atoms with Gasteiger partial charge in [0.2, 0.25) is 0 Å². The Morgan fingerprint density at radius 3 is 3.00 bits per heavy atom. The van der Waals surface area contributed by atoms with E-state index in [9.17, 15) is 4.79 Å². The van der Waals surface area contributed by atoms with E-state index in [0.717, 1.165) is 23.6 Å². The van der Waals surface area contributed by atoms with Crippen LogP contribution in [0.3, 0.4) is 0 Å². The number of nitrogens with two attached hydrogens (primary N) is 1. The highest BCUT2D eigenvalue weighted by molar-refractivity contribution is 7.99. The van der Waals surface area contributed by atoms with Crippen molar-refractivity contribution in [2.45, 2.75) is 18.9 Å². The molecule has 0 spiro atoms. The maximum Gasteiger partial charge on any atom is 0.322 e. The molecular formula is C11H17N3O2S. The molecule has 0 aliphatic carbocycles. The second kappa shape index (κ2) is 8.03. The van der Waals surface area contributed by atoms with Gasteiger partial charge in [-0.15, -0.1) is 0 Å². The van der Waals surface area contributed by atoms with Crippen molar-refractivity contribution in [3.63, 3.8) is 0 Å². The lowest BCUT2D eigenvalue weighted by Gasteiger charge is -2.08. The largest absolute Gasteiger partial charge is 0.468 e. The van der Waals surface area contributed by atoms with E-state index in [1.165, 1.54) is 7.11 Å². The van der Waals surface area contributed by atoms with Crippen LogP contribution in [0, 0.1) is 0 Å². The van der Waals surface area contributed by atoms with E-state index in [1.807, 2.05) is 0 Å². The molecule has 0 saturated carbocycles. The molecule has 1 aromatic heterocycles.